The molecule has 0 fully saturated rings. The first-order valence-corrected chi connectivity index (χ1v) is 10.1. The third-order valence-corrected chi connectivity index (χ3v) is 4.33. The second kappa shape index (κ2) is 11.8. The summed E-state index contributed by atoms with van der Waals surface area (Å²) in [5, 5.41) is 2.83. The van der Waals surface area contributed by atoms with Gasteiger partial charge in [-0.15, -0.1) is 0 Å². The molecule has 2 aromatic carbocycles. The number of rotatable bonds is 11. The lowest BCUT2D eigenvalue weighted by molar-refractivity contribution is 0.102. The second-order valence-electron chi connectivity index (χ2n) is 6.31. The van der Waals surface area contributed by atoms with Crippen molar-refractivity contribution in [2.24, 2.45) is 0 Å². The van der Waals surface area contributed by atoms with E-state index < -0.39 is 0 Å². The van der Waals surface area contributed by atoms with E-state index in [2.05, 4.69) is 10.3 Å². The molecule has 1 amide bonds. The number of ether oxygens (including phenoxy) is 3. The van der Waals surface area contributed by atoms with Crippen LogP contribution in [-0.2, 0) is 11.3 Å². The summed E-state index contributed by atoms with van der Waals surface area (Å²) in [7, 11) is 0. The molecule has 0 unspecified atom stereocenters. The second-order valence-corrected chi connectivity index (χ2v) is 6.53. The van der Waals surface area contributed by atoms with Crippen LogP contribution < -0.4 is 14.8 Å². The maximum Gasteiger partial charge on any atom is 0.259 e. The van der Waals surface area contributed by atoms with Crippen LogP contribution in [0.25, 0.3) is 0 Å². The molecule has 0 aliphatic rings. The smallest absolute Gasteiger partial charge is 0.259 e. The number of hydrogen-bond donors (Lipinski definition) is 1. The molecule has 0 bridgehead atoms. The van der Waals surface area contributed by atoms with Gasteiger partial charge in [0, 0.05) is 18.2 Å². The summed E-state index contributed by atoms with van der Waals surface area (Å²) in [5.41, 5.74) is 1.95. The van der Waals surface area contributed by atoms with Gasteiger partial charge in [0.15, 0.2) is 0 Å². The fourth-order valence-corrected chi connectivity index (χ4v) is 2.84. The molecule has 1 N–H and O–H groups in total. The van der Waals surface area contributed by atoms with Crippen molar-refractivity contribution in [2.75, 3.05) is 24.6 Å². The van der Waals surface area contributed by atoms with Crippen molar-refractivity contribution in [2.45, 2.75) is 13.0 Å². The molecule has 30 heavy (non-hydrogen) atoms. The van der Waals surface area contributed by atoms with E-state index in [0.717, 1.165) is 17.7 Å². The van der Waals surface area contributed by atoms with E-state index in [4.69, 9.17) is 25.8 Å². The first-order valence-electron chi connectivity index (χ1n) is 9.55. The lowest BCUT2D eigenvalue weighted by atomic mass is 10.1. The predicted octanol–water partition coefficient (Wildman–Crippen LogP) is 4.89. The van der Waals surface area contributed by atoms with Gasteiger partial charge in [0.2, 0.25) is 0 Å². The van der Waals surface area contributed by atoms with E-state index in [1.807, 2.05) is 30.3 Å². The normalized spacial score (nSPS) is 10.4. The van der Waals surface area contributed by atoms with Gasteiger partial charge in [0.1, 0.15) is 24.2 Å². The van der Waals surface area contributed by atoms with Crippen LogP contribution in [0.4, 0.5) is 5.69 Å². The topological polar surface area (TPSA) is 69.7 Å². The fraction of sp³-hybridized carbons (Fsp3) is 0.217. The van der Waals surface area contributed by atoms with Gasteiger partial charge in [0.05, 0.1) is 30.7 Å². The fourth-order valence-electron chi connectivity index (χ4n) is 2.73. The number of hydrogen-bond acceptors (Lipinski definition) is 5. The van der Waals surface area contributed by atoms with E-state index in [1.165, 1.54) is 0 Å². The number of halogens is 1. The third-order valence-electron chi connectivity index (χ3n) is 4.17. The van der Waals surface area contributed by atoms with Gasteiger partial charge in [0.25, 0.3) is 5.91 Å². The lowest BCUT2D eigenvalue weighted by Crippen LogP contribution is -2.14. The van der Waals surface area contributed by atoms with Crippen molar-refractivity contribution < 1.29 is 19.0 Å². The van der Waals surface area contributed by atoms with Gasteiger partial charge >= 0.3 is 0 Å². The largest absolute Gasteiger partial charge is 0.493 e. The van der Waals surface area contributed by atoms with Crippen LogP contribution in [0.5, 0.6) is 11.5 Å². The van der Waals surface area contributed by atoms with E-state index in [-0.39, 0.29) is 18.6 Å². The van der Waals surface area contributed by atoms with Crippen molar-refractivity contribution in [1.82, 2.24) is 4.98 Å². The van der Waals surface area contributed by atoms with Crippen molar-refractivity contribution in [3.63, 3.8) is 0 Å². The number of carbonyl (C=O) groups excluding carboxylic acids is 1. The standard InChI is InChI=1S/C23H23ClN2O4/c24-17-28-13-6-14-29-21-10-3-1-7-18(21)16-30-22-11-4-2-9-20(22)23(27)26-19-8-5-12-25-15-19/h1-5,7-12,15H,6,13-14,16-17H2,(H,26,27). The molecule has 0 aliphatic carbocycles. The third kappa shape index (κ3) is 6.47. The van der Waals surface area contributed by atoms with Crippen molar-refractivity contribution in [3.8, 4) is 11.5 Å². The first kappa shape index (κ1) is 21.6. The summed E-state index contributed by atoms with van der Waals surface area (Å²) < 4.78 is 16.9. The highest BCUT2D eigenvalue weighted by atomic mass is 35.5. The molecule has 0 saturated heterocycles. The SMILES string of the molecule is O=C(Nc1cccnc1)c1ccccc1OCc1ccccc1OCCCOCCl. The minimum atomic E-state index is -0.262. The molecule has 7 heteroatoms. The number of nitrogens with zero attached hydrogens (tertiary/aromatic N) is 1. The van der Waals surface area contributed by atoms with Crippen molar-refractivity contribution in [1.29, 1.82) is 0 Å². The Morgan fingerprint density at radius 2 is 1.73 bits per heavy atom. The quantitative estimate of drug-likeness (QED) is 0.349. The maximum atomic E-state index is 12.7. The zero-order valence-electron chi connectivity index (χ0n) is 16.4. The number of aromatic nitrogens is 1. The number of para-hydroxylation sites is 2. The molecule has 0 spiro atoms. The molecular formula is C23H23ClN2O4. The van der Waals surface area contributed by atoms with Crippen LogP contribution in [0.3, 0.4) is 0 Å². The molecule has 0 aliphatic heterocycles. The Hall–Kier alpha value is -3.09. The van der Waals surface area contributed by atoms with Gasteiger partial charge < -0.3 is 19.5 Å². The van der Waals surface area contributed by atoms with Gasteiger partial charge in [-0.1, -0.05) is 41.9 Å². The highest BCUT2D eigenvalue weighted by Gasteiger charge is 2.13. The predicted molar refractivity (Wildman–Crippen MR) is 116 cm³/mol. The average molecular weight is 427 g/mol. The Morgan fingerprint density at radius 3 is 2.53 bits per heavy atom. The monoisotopic (exact) mass is 426 g/mol. The summed E-state index contributed by atoms with van der Waals surface area (Å²) in [4.78, 5) is 16.7. The molecule has 0 radical (unpaired) electrons. The Kier molecular flexibility index (Phi) is 8.50. The number of anilines is 1. The Morgan fingerprint density at radius 1 is 0.933 bits per heavy atom. The number of pyridine rings is 1. The maximum absolute atomic E-state index is 12.7. The van der Waals surface area contributed by atoms with Crippen LogP contribution in [0.15, 0.2) is 73.1 Å². The van der Waals surface area contributed by atoms with E-state index in [9.17, 15) is 4.79 Å². The van der Waals surface area contributed by atoms with E-state index in [0.29, 0.717) is 30.2 Å². The van der Waals surface area contributed by atoms with Gasteiger partial charge in [-0.05, 0) is 30.3 Å². The molecule has 1 aromatic heterocycles. The molecular weight excluding hydrogens is 404 g/mol. The van der Waals surface area contributed by atoms with Gasteiger partial charge in [-0.25, -0.2) is 0 Å². The highest BCUT2D eigenvalue weighted by molar-refractivity contribution is 6.17. The van der Waals surface area contributed by atoms with Crippen molar-refractivity contribution in [3.05, 3.63) is 84.2 Å². The first-order chi connectivity index (χ1) is 14.8. The van der Waals surface area contributed by atoms with Crippen LogP contribution >= 0.6 is 11.6 Å². The average Bonchev–Trinajstić information content (AvgIpc) is 2.79. The molecule has 0 atom stereocenters. The summed E-state index contributed by atoms with van der Waals surface area (Å²) in [6, 6.07) is 18.5. The number of benzene rings is 2. The minimum absolute atomic E-state index is 0.179. The van der Waals surface area contributed by atoms with Gasteiger partial charge in [-0.3, -0.25) is 9.78 Å². The highest BCUT2D eigenvalue weighted by Crippen LogP contribution is 2.24. The summed E-state index contributed by atoms with van der Waals surface area (Å²) in [6.07, 6.45) is 3.98. The van der Waals surface area contributed by atoms with Crippen LogP contribution in [0.1, 0.15) is 22.3 Å². The Bertz CT molecular complexity index is 937. The number of alkyl halides is 1. The molecule has 156 valence electrons. The molecule has 6 nitrogen and oxygen atoms in total. The summed E-state index contributed by atoms with van der Waals surface area (Å²) in [5.74, 6) is 0.965. The number of carbonyl (C=O) groups is 1. The van der Waals surface area contributed by atoms with Crippen LogP contribution in [0.2, 0.25) is 0 Å². The summed E-state index contributed by atoms with van der Waals surface area (Å²) in [6.45, 7) is 1.32. The minimum Gasteiger partial charge on any atom is -0.493 e. The van der Waals surface area contributed by atoms with Crippen molar-refractivity contribution >= 4 is 23.2 Å². The lowest BCUT2D eigenvalue weighted by Gasteiger charge is -2.14. The van der Waals surface area contributed by atoms with E-state index >= 15 is 0 Å². The number of amides is 1. The van der Waals surface area contributed by atoms with Crippen LogP contribution in [0, 0.1) is 0 Å². The Labute approximate surface area is 180 Å². The zero-order chi connectivity index (χ0) is 21.0. The molecule has 1 heterocycles. The summed E-state index contributed by atoms with van der Waals surface area (Å²) >= 11 is 5.49. The van der Waals surface area contributed by atoms with Crippen LogP contribution in [-0.4, -0.2) is 30.2 Å². The zero-order valence-corrected chi connectivity index (χ0v) is 17.2. The molecule has 0 saturated carbocycles. The molecule has 3 rings (SSSR count). The Balaban J connectivity index is 1.63. The molecule has 3 aromatic rings. The number of nitrogens with one attached hydrogen (secondary N) is 1. The van der Waals surface area contributed by atoms with E-state index in [1.54, 1.807) is 42.7 Å². The van der Waals surface area contributed by atoms with Gasteiger partial charge in [-0.2, -0.15) is 0 Å².